The first kappa shape index (κ1) is 16.9. The molecule has 3 rings (SSSR count). The molecule has 0 saturated carbocycles. The van der Waals surface area contributed by atoms with Crippen molar-refractivity contribution in [1.29, 1.82) is 0 Å². The number of aromatic nitrogens is 1. The number of benzene rings is 1. The summed E-state index contributed by atoms with van der Waals surface area (Å²) in [5, 5.41) is 3.81. The van der Waals surface area contributed by atoms with E-state index in [-0.39, 0.29) is 5.91 Å². The largest absolute Gasteiger partial charge is 0.397 e. The van der Waals surface area contributed by atoms with Crippen LogP contribution in [0.3, 0.4) is 0 Å². The first-order valence-corrected chi connectivity index (χ1v) is 9.13. The molecular formula is C18H18BrN3OS. The number of carbonyl (C=O) groups excluding carboxylic acids is 1. The van der Waals surface area contributed by atoms with Gasteiger partial charge in [-0.2, -0.15) is 0 Å². The number of pyridine rings is 1. The van der Waals surface area contributed by atoms with Gasteiger partial charge < -0.3 is 11.1 Å². The Labute approximate surface area is 153 Å². The number of rotatable bonds is 2. The minimum atomic E-state index is -0.213. The fourth-order valence-corrected chi connectivity index (χ4v) is 4.33. The fourth-order valence-electron chi connectivity index (χ4n) is 2.64. The van der Waals surface area contributed by atoms with Crippen molar-refractivity contribution in [2.75, 3.05) is 11.1 Å². The molecule has 6 heteroatoms. The number of halogens is 1. The number of hydrogen-bond acceptors (Lipinski definition) is 4. The molecule has 0 atom stereocenters. The quantitative estimate of drug-likeness (QED) is 0.623. The van der Waals surface area contributed by atoms with Crippen molar-refractivity contribution in [3.63, 3.8) is 0 Å². The van der Waals surface area contributed by atoms with E-state index in [1.54, 1.807) is 0 Å². The number of hydrogen-bond donors (Lipinski definition) is 2. The van der Waals surface area contributed by atoms with Gasteiger partial charge in [0, 0.05) is 15.6 Å². The van der Waals surface area contributed by atoms with E-state index in [0.717, 1.165) is 42.8 Å². The van der Waals surface area contributed by atoms with Crippen LogP contribution in [0.1, 0.15) is 32.1 Å². The molecular weight excluding hydrogens is 386 g/mol. The number of amides is 1. The number of nitrogens with two attached hydrogens (primary N) is 1. The van der Waals surface area contributed by atoms with E-state index in [0.29, 0.717) is 10.6 Å². The number of thiophene rings is 1. The minimum absolute atomic E-state index is 0.213. The molecule has 0 unspecified atom stereocenters. The molecule has 2 aromatic heterocycles. The highest BCUT2D eigenvalue weighted by atomic mass is 79.9. The Morgan fingerprint density at radius 3 is 2.58 bits per heavy atom. The van der Waals surface area contributed by atoms with Gasteiger partial charge in [-0.15, -0.1) is 11.3 Å². The van der Waals surface area contributed by atoms with Crippen LogP contribution in [0.4, 0.5) is 11.4 Å². The van der Waals surface area contributed by atoms with Crippen LogP contribution in [0.2, 0.25) is 0 Å². The summed E-state index contributed by atoms with van der Waals surface area (Å²) in [7, 11) is 0. The van der Waals surface area contributed by atoms with Gasteiger partial charge in [-0.05, 0) is 72.4 Å². The average molecular weight is 404 g/mol. The summed E-state index contributed by atoms with van der Waals surface area (Å²) in [5.74, 6) is -0.213. The number of fused-ring (bicyclic) bond motifs is 1. The van der Waals surface area contributed by atoms with E-state index in [1.165, 1.54) is 11.3 Å². The second-order valence-electron chi connectivity index (χ2n) is 5.91. The van der Waals surface area contributed by atoms with Crippen molar-refractivity contribution in [3.05, 3.63) is 49.9 Å². The van der Waals surface area contributed by atoms with Crippen molar-refractivity contribution in [2.45, 2.75) is 27.7 Å². The van der Waals surface area contributed by atoms with Gasteiger partial charge in [0.1, 0.15) is 9.71 Å². The molecule has 0 spiro atoms. The van der Waals surface area contributed by atoms with E-state index < -0.39 is 0 Å². The van der Waals surface area contributed by atoms with Gasteiger partial charge in [-0.3, -0.25) is 4.79 Å². The molecule has 0 bridgehead atoms. The monoisotopic (exact) mass is 403 g/mol. The Kier molecular flexibility index (Phi) is 4.36. The molecule has 1 amide bonds. The van der Waals surface area contributed by atoms with Crippen molar-refractivity contribution in [1.82, 2.24) is 4.98 Å². The second kappa shape index (κ2) is 6.18. The summed E-state index contributed by atoms with van der Waals surface area (Å²) in [6, 6.07) is 5.79. The maximum atomic E-state index is 12.7. The van der Waals surface area contributed by atoms with Crippen molar-refractivity contribution in [3.8, 4) is 0 Å². The molecule has 2 heterocycles. The van der Waals surface area contributed by atoms with Gasteiger partial charge in [0.25, 0.3) is 5.91 Å². The summed E-state index contributed by atoms with van der Waals surface area (Å²) in [5.41, 5.74) is 11.8. The van der Waals surface area contributed by atoms with Crippen LogP contribution in [0.25, 0.3) is 10.2 Å². The number of carbonyl (C=O) groups is 1. The first-order chi connectivity index (χ1) is 11.3. The lowest BCUT2D eigenvalue weighted by molar-refractivity contribution is 0.103. The highest BCUT2D eigenvalue weighted by Gasteiger charge is 2.20. The highest BCUT2D eigenvalue weighted by molar-refractivity contribution is 9.10. The highest BCUT2D eigenvalue weighted by Crippen LogP contribution is 2.37. The molecule has 3 N–H and O–H groups in total. The topological polar surface area (TPSA) is 68.0 Å². The summed E-state index contributed by atoms with van der Waals surface area (Å²) < 4.78 is 0.844. The van der Waals surface area contributed by atoms with Crippen molar-refractivity contribution < 1.29 is 4.79 Å². The fraction of sp³-hybridized carbons (Fsp3) is 0.222. The number of nitrogen functional groups attached to an aromatic ring is 1. The number of anilines is 2. The lowest BCUT2D eigenvalue weighted by Gasteiger charge is -2.08. The van der Waals surface area contributed by atoms with E-state index in [9.17, 15) is 4.79 Å². The number of aryl methyl sites for hydroxylation is 3. The van der Waals surface area contributed by atoms with Crippen LogP contribution in [-0.4, -0.2) is 10.9 Å². The van der Waals surface area contributed by atoms with E-state index in [4.69, 9.17) is 5.73 Å². The van der Waals surface area contributed by atoms with Crippen LogP contribution in [-0.2, 0) is 0 Å². The molecule has 24 heavy (non-hydrogen) atoms. The summed E-state index contributed by atoms with van der Waals surface area (Å²) in [4.78, 5) is 18.6. The average Bonchev–Trinajstić information content (AvgIpc) is 2.84. The van der Waals surface area contributed by atoms with E-state index in [2.05, 4.69) is 26.2 Å². The zero-order valence-electron chi connectivity index (χ0n) is 14.0. The van der Waals surface area contributed by atoms with Gasteiger partial charge in [-0.1, -0.05) is 6.07 Å². The van der Waals surface area contributed by atoms with Gasteiger partial charge in [0.05, 0.1) is 11.4 Å². The standard InChI is InChI=1S/C18H18BrN3OS/c1-8-5-6-13(12(19)7-8)22-17(23)16-15(20)14-10(3)9(2)11(4)21-18(14)24-16/h5-7H,20H2,1-4H3,(H,22,23). The predicted octanol–water partition coefficient (Wildman–Crippen LogP) is 5.13. The molecule has 0 saturated heterocycles. The third-order valence-electron chi connectivity index (χ3n) is 4.26. The van der Waals surface area contributed by atoms with Crippen LogP contribution in [0.5, 0.6) is 0 Å². The van der Waals surface area contributed by atoms with Crippen molar-refractivity contribution >= 4 is 54.8 Å². The molecule has 124 valence electrons. The number of nitrogens with zero attached hydrogens (tertiary/aromatic N) is 1. The minimum Gasteiger partial charge on any atom is -0.397 e. The molecule has 0 aliphatic heterocycles. The van der Waals surface area contributed by atoms with Gasteiger partial charge in [0.2, 0.25) is 0 Å². The summed E-state index contributed by atoms with van der Waals surface area (Å²) in [6.45, 7) is 8.02. The van der Waals surface area contributed by atoms with Crippen molar-refractivity contribution in [2.24, 2.45) is 0 Å². The van der Waals surface area contributed by atoms with E-state index in [1.807, 2.05) is 45.9 Å². The predicted molar refractivity (Wildman–Crippen MR) is 105 cm³/mol. The van der Waals surface area contributed by atoms with Gasteiger partial charge in [0.15, 0.2) is 0 Å². The Morgan fingerprint density at radius 1 is 1.21 bits per heavy atom. The molecule has 0 fully saturated rings. The van der Waals surface area contributed by atoms with Crippen LogP contribution >= 0.6 is 27.3 Å². The zero-order chi connectivity index (χ0) is 17.6. The van der Waals surface area contributed by atoms with E-state index >= 15 is 0 Å². The third kappa shape index (κ3) is 2.80. The lowest BCUT2D eigenvalue weighted by atomic mass is 10.1. The maximum absolute atomic E-state index is 12.7. The summed E-state index contributed by atoms with van der Waals surface area (Å²) >= 11 is 4.81. The molecule has 3 aromatic rings. The summed E-state index contributed by atoms with van der Waals surface area (Å²) in [6.07, 6.45) is 0. The first-order valence-electron chi connectivity index (χ1n) is 7.53. The van der Waals surface area contributed by atoms with Gasteiger partial charge >= 0.3 is 0 Å². The van der Waals surface area contributed by atoms with Crippen LogP contribution in [0.15, 0.2) is 22.7 Å². The molecule has 0 aliphatic carbocycles. The lowest BCUT2D eigenvalue weighted by Crippen LogP contribution is -2.12. The molecule has 4 nitrogen and oxygen atoms in total. The normalized spacial score (nSPS) is 11.0. The molecule has 0 radical (unpaired) electrons. The van der Waals surface area contributed by atoms with Gasteiger partial charge in [-0.25, -0.2) is 4.98 Å². The Hall–Kier alpha value is -1.92. The molecule has 1 aromatic carbocycles. The van der Waals surface area contributed by atoms with Crippen LogP contribution < -0.4 is 11.1 Å². The SMILES string of the molecule is Cc1ccc(NC(=O)c2sc3nc(C)c(C)c(C)c3c2N)c(Br)c1. The third-order valence-corrected chi connectivity index (χ3v) is 6.01. The second-order valence-corrected chi connectivity index (χ2v) is 7.76. The zero-order valence-corrected chi connectivity index (χ0v) is 16.4. The number of nitrogens with one attached hydrogen (secondary N) is 1. The Balaban J connectivity index is 2.04. The maximum Gasteiger partial charge on any atom is 0.267 e. The Bertz CT molecular complexity index is 978. The molecule has 0 aliphatic rings. The smallest absolute Gasteiger partial charge is 0.267 e. The Morgan fingerprint density at radius 2 is 1.92 bits per heavy atom. The van der Waals surface area contributed by atoms with Crippen LogP contribution in [0, 0.1) is 27.7 Å².